The molecule has 1 aromatic heterocycles. The topological polar surface area (TPSA) is 109 Å². The van der Waals surface area contributed by atoms with E-state index in [2.05, 4.69) is 5.32 Å². The molecule has 1 heterocycles. The number of carboxylic acid groups (broad SMARTS) is 1. The minimum atomic E-state index is -1.23. The predicted octanol–water partition coefficient (Wildman–Crippen LogP) is 0.299. The van der Waals surface area contributed by atoms with Crippen LogP contribution < -0.4 is 20.8 Å². The largest absolute Gasteiger partial charge is 0.550 e. The van der Waals surface area contributed by atoms with Crippen LogP contribution in [0.5, 0.6) is 5.75 Å². The lowest BCUT2D eigenvalue weighted by Gasteiger charge is -2.09. The van der Waals surface area contributed by atoms with Gasteiger partial charge in [0, 0.05) is 42.4 Å². The maximum atomic E-state index is 12.1. The van der Waals surface area contributed by atoms with Crippen LogP contribution in [-0.4, -0.2) is 25.5 Å². The number of aryl methyl sites for hydroxylation is 1. The van der Waals surface area contributed by atoms with E-state index in [4.69, 9.17) is 9.15 Å². The van der Waals surface area contributed by atoms with E-state index in [0.717, 1.165) is 10.9 Å². The summed E-state index contributed by atoms with van der Waals surface area (Å²) in [6.07, 6.45) is 0.0400. The molecule has 1 amide bonds. The fourth-order valence-electron chi connectivity index (χ4n) is 2.42. The number of hydrogen-bond acceptors (Lipinski definition) is 6. The lowest BCUT2D eigenvalue weighted by Crippen LogP contribution is -2.31. The third kappa shape index (κ3) is 4.13. The highest BCUT2D eigenvalue weighted by Crippen LogP contribution is 2.24. The quantitative estimate of drug-likeness (QED) is 0.731. The first kappa shape index (κ1) is 17.5. The molecule has 0 aliphatic carbocycles. The maximum absolute atomic E-state index is 12.1. The number of nitrogens with one attached hydrogen (secondary N) is 1. The number of carbonyl (C=O) groups is 2. The average Bonchev–Trinajstić information content (AvgIpc) is 2.53. The summed E-state index contributed by atoms with van der Waals surface area (Å²) in [6.45, 7) is 1.81. The molecule has 0 spiro atoms. The number of amides is 1. The number of carbonyl (C=O) groups excluding carboxylic acids is 2. The molecular weight excluding hydrogens is 314 g/mol. The second-order valence-electron chi connectivity index (χ2n) is 5.33. The number of hydrogen-bond donors (Lipinski definition) is 1. The molecule has 0 radical (unpaired) electrons. The Labute approximate surface area is 138 Å². The van der Waals surface area contributed by atoms with Crippen molar-refractivity contribution >= 4 is 22.8 Å². The second kappa shape index (κ2) is 7.63. The summed E-state index contributed by atoms with van der Waals surface area (Å²) in [5.41, 5.74) is 1.13. The Bertz CT molecular complexity index is 824. The fraction of sp³-hybridized carbons (Fsp3) is 0.353. The molecule has 2 rings (SSSR count). The van der Waals surface area contributed by atoms with Crippen LogP contribution in [-0.2, 0) is 16.0 Å². The van der Waals surface area contributed by atoms with Crippen molar-refractivity contribution in [3.63, 3.8) is 0 Å². The number of rotatable bonds is 7. The summed E-state index contributed by atoms with van der Waals surface area (Å²) < 4.78 is 10.4. The molecule has 0 aliphatic heterocycles. The fourth-order valence-corrected chi connectivity index (χ4v) is 2.42. The van der Waals surface area contributed by atoms with E-state index in [9.17, 15) is 19.5 Å². The Balaban J connectivity index is 2.13. The highest BCUT2D eigenvalue weighted by Gasteiger charge is 2.13. The van der Waals surface area contributed by atoms with Crippen molar-refractivity contribution in [3.8, 4) is 5.75 Å². The highest BCUT2D eigenvalue weighted by molar-refractivity contribution is 5.82. The van der Waals surface area contributed by atoms with Gasteiger partial charge >= 0.3 is 5.63 Å². The molecule has 0 saturated carbocycles. The zero-order chi connectivity index (χ0) is 17.7. The lowest BCUT2D eigenvalue weighted by molar-refractivity contribution is -0.305. The zero-order valence-corrected chi connectivity index (χ0v) is 13.5. The normalized spacial score (nSPS) is 10.6. The standard InChI is InChI=1S/C17H19NO6/c1-10-12-4-3-11(23-2)9-14(12)24-17(22)13(10)5-6-15(19)18-8-7-16(20)21/h3-4,9H,5-8H2,1-2H3,(H,18,19)(H,20,21)/p-1. The van der Waals surface area contributed by atoms with Crippen LogP contribution in [0.25, 0.3) is 11.0 Å². The molecule has 1 N–H and O–H groups in total. The minimum Gasteiger partial charge on any atom is -0.550 e. The average molecular weight is 332 g/mol. The van der Waals surface area contributed by atoms with Crippen LogP contribution in [0.2, 0.25) is 0 Å². The Hall–Kier alpha value is -2.83. The van der Waals surface area contributed by atoms with Crippen molar-refractivity contribution in [1.82, 2.24) is 5.32 Å². The lowest BCUT2D eigenvalue weighted by atomic mass is 10.0. The number of benzene rings is 1. The smallest absolute Gasteiger partial charge is 0.339 e. The van der Waals surface area contributed by atoms with Crippen LogP contribution in [0.3, 0.4) is 0 Å². The second-order valence-corrected chi connectivity index (χ2v) is 5.33. The molecule has 0 saturated heterocycles. The first-order chi connectivity index (χ1) is 11.4. The van der Waals surface area contributed by atoms with Crippen LogP contribution in [0.15, 0.2) is 27.4 Å². The molecule has 0 atom stereocenters. The van der Waals surface area contributed by atoms with Crippen molar-refractivity contribution in [2.75, 3.05) is 13.7 Å². The third-order valence-corrected chi connectivity index (χ3v) is 3.75. The van der Waals surface area contributed by atoms with Crippen molar-refractivity contribution in [1.29, 1.82) is 0 Å². The molecule has 2 aromatic rings. The highest BCUT2D eigenvalue weighted by atomic mass is 16.5. The number of ether oxygens (including phenoxy) is 1. The predicted molar refractivity (Wildman–Crippen MR) is 84.7 cm³/mol. The molecular formula is C17H18NO6-. The molecule has 0 bridgehead atoms. The Kier molecular flexibility index (Phi) is 5.57. The maximum Gasteiger partial charge on any atom is 0.339 e. The summed E-state index contributed by atoms with van der Waals surface area (Å²) >= 11 is 0. The van der Waals surface area contributed by atoms with Gasteiger partial charge < -0.3 is 24.4 Å². The third-order valence-electron chi connectivity index (χ3n) is 3.75. The van der Waals surface area contributed by atoms with Gasteiger partial charge in [-0.2, -0.15) is 0 Å². The molecule has 7 nitrogen and oxygen atoms in total. The van der Waals surface area contributed by atoms with E-state index >= 15 is 0 Å². The van der Waals surface area contributed by atoms with E-state index in [-0.39, 0.29) is 31.7 Å². The van der Waals surface area contributed by atoms with E-state index < -0.39 is 11.6 Å². The number of fused-ring (bicyclic) bond motifs is 1. The van der Waals surface area contributed by atoms with Crippen LogP contribution in [0.1, 0.15) is 24.0 Å². The van der Waals surface area contributed by atoms with Gasteiger partial charge in [-0.05, 0) is 31.0 Å². The van der Waals surface area contributed by atoms with Gasteiger partial charge in [-0.15, -0.1) is 0 Å². The monoisotopic (exact) mass is 332 g/mol. The minimum absolute atomic E-state index is 0.00622. The van der Waals surface area contributed by atoms with E-state index in [1.54, 1.807) is 25.1 Å². The van der Waals surface area contributed by atoms with Crippen LogP contribution in [0, 0.1) is 6.92 Å². The number of aliphatic carboxylic acids is 1. The molecule has 1 aromatic carbocycles. The van der Waals surface area contributed by atoms with E-state index in [1.807, 2.05) is 0 Å². The number of methoxy groups -OCH3 is 1. The van der Waals surface area contributed by atoms with Crippen LogP contribution >= 0.6 is 0 Å². The van der Waals surface area contributed by atoms with Crippen molar-refractivity contribution in [2.24, 2.45) is 0 Å². The van der Waals surface area contributed by atoms with Gasteiger partial charge in [0.15, 0.2) is 0 Å². The Morgan fingerprint density at radius 1 is 1.29 bits per heavy atom. The summed E-state index contributed by atoms with van der Waals surface area (Å²) in [7, 11) is 1.53. The first-order valence-electron chi connectivity index (χ1n) is 7.49. The molecule has 0 aliphatic rings. The molecule has 0 fully saturated rings. The summed E-state index contributed by atoms with van der Waals surface area (Å²) in [5.74, 6) is -0.966. The number of carboxylic acids is 1. The van der Waals surface area contributed by atoms with Crippen molar-refractivity contribution < 1.29 is 23.8 Å². The van der Waals surface area contributed by atoms with Crippen LogP contribution in [0.4, 0.5) is 0 Å². The van der Waals surface area contributed by atoms with Gasteiger partial charge in [0.05, 0.1) is 7.11 Å². The first-order valence-corrected chi connectivity index (χ1v) is 7.49. The van der Waals surface area contributed by atoms with Gasteiger partial charge in [-0.3, -0.25) is 4.79 Å². The Morgan fingerprint density at radius 3 is 2.71 bits per heavy atom. The van der Waals surface area contributed by atoms with Crippen molar-refractivity contribution in [3.05, 3.63) is 39.7 Å². The molecule has 24 heavy (non-hydrogen) atoms. The zero-order valence-electron chi connectivity index (χ0n) is 13.5. The van der Waals surface area contributed by atoms with Gasteiger partial charge in [0.2, 0.25) is 5.91 Å². The molecule has 7 heteroatoms. The van der Waals surface area contributed by atoms with E-state index in [1.165, 1.54) is 7.11 Å². The van der Waals surface area contributed by atoms with Gasteiger partial charge in [0.25, 0.3) is 0 Å². The summed E-state index contributed by atoms with van der Waals surface area (Å²) in [4.78, 5) is 34.1. The van der Waals surface area contributed by atoms with E-state index in [0.29, 0.717) is 16.9 Å². The SMILES string of the molecule is COc1ccc2c(C)c(CCC(=O)NCCC(=O)[O-])c(=O)oc2c1. The van der Waals surface area contributed by atoms with Gasteiger partial charge in [-0.25, -0.2) is 4.79 Å². The molecule has 0 unspecified atom stereocenters. The van der Waals surface area contributed by atoms with Gasteiger partial charge in [-0.1, -0.05) is 0 Å². The molecule has 128 valence electrons. The Morgan fingerprint density at radius 2 is 2.04 bits per heavy atom. The summed E-state index contributed by atoms with van der Waals surface area (Å²) in [5, 5.41) is 13.5. The van der Waals surface area contributed by atoms with Crippen molar-refractivity contribution in [2.45, 2.75) is 26.2 Å². The van der Waals surface area contributed by atoms with Gasteiger partial charge in [0.1, 0.15) is 11.3 Å². The summed E-state index contributed by atoms with van der Waals surface area (Å²) in [6, 6.07) is 5.21.